The smallest absolute Gasteiger partial charge is 0.252 e. The highest BCUT2D eigenvalue weighted by molar-refractivity contribution is 6.33. The molecule has 0 saturated carbocycles. The van der Waals surface area contributed by atoms with Gasteiger partial charge in [-0.15, -0.1) is 10.2 Å². The van der Waals surface area contributed by atoms with Crippen molar-refractivity contribution in [1.82, 2.24) is 25.3 Å². The molecule has 0 aliphatic rings. The Morgan fingerprint density at radius 2 is 2.08 bits per heavy atom. The van der Waals surface area contributed by atoms with E-state index in [4.69, 9.17) is 11.6 Å². The average Bonchev–Trinajstić information content (AvgIpc) is 3.13. The van der Waals surface area contributed by atoms with Crippen LogP contribution in [0.15, 0.2) is 48.8 Å². The van der Waals surface area contributed by atoms with Crippen molar-refractivity contribution in [3.63, 3.8) is 0 Å². The molecule has 9 heteroatoms. The van der Waals surface area contributed by atoms with Gasteiger partial charge in [-0.2, -0.15) is 5.10 Å². The predicted molar refractivity (Wildman–Crippen MR) is 91.4 cm³/mol. The number of benzene rings is 1. The Bertz CT molecular complexity index is 854. The van der Waals surface area contributed by atoms with Gasteiger partial charge in [-0.05, 0) is 36.4 Å². The van der Waals surface area contributed by atoms with Crippen molar-refractivity contribution in [2.45, 2.75) is 0 Å². The summed E-state index contributed by atoms with van der Waals surface area (Å²) in [6.07, 6.45) is 3.43. The summed E-state index contributed by atoms with van der Waals surface area (Å²) in [6, 6.07) is 8.98. The van der Waals surface area contributed by atoms with Gasteiger partial charge in [0.05, 0.1) is 10.6 Å². The van der Waals surface area contributed by atoms with Crippen LogP contribution in [0.3, 0.4) is 0 Å². The number of carbonyl (C=O) groups excluding carboxylic acids is 1. The molecule has 25 heavy (non-hydrogen) atoms. The molecule has 0 saturated heterocycles. The van der Waals surface area contributed by atoms with E-state index in [0.29, 0.717) is 24.7 Å². The van der Waals surface area contributed by atoms with Gasteiger partial charge in [-0.25, -0.2) is 9.07 Å². The van der Waals surface area contributed by atoms with Crippen molar-refractivity contribution in [2.75, 3.05) is 18.4 Å². The lowest BCUT2D eigenvalue weighted by molar-refractivity contribution is 0.0955. The second-order valence-corrected chi connectivity index (χ2v) is 5.44. The van der Waals surface area contributed by atoms with Crippen molar-refractivity contribution in [1.29, 1.82) is 0 Å². The minimum absolute atomic E-state index is 0.0746. The number of nitrogens with zero attached hydrogens (tertiary/aromatic N) is 4. The third kappa shape index (κ3) is 4.30. The summed E-state index contributed by atoms with van der Waals surface area (Å²) in [5, 5.41) is 18.0. The molecule has 0 radical (unpaired) electrons. The zero-order valence-electron chi connectivity index (χ0n) is 13.0. The summed E-state index contributed by atoms with van der Waals surface area (Å²) in [6.45, 7) is 0.787. The Kier molecular flexibility index (Phi) is 5.20. The number of amides is 1. The molecule has 0 unspecified atom stereocenters. The first-order valence-electron chi connectivity index (χ1n) is 7.44. The third-order valence-corrected chi connectivity index (χ3v) is 3.59. The molecule has 3 aromatic rings. The largest absolute Gasteiger partial charge is 0.367 e. The molecule has 0 atom stereocenters. The van der Waals surface area contributed by atoms with Crippen molar-refractivity contribution in [3.05, 3.63) is 65.2 Å². The Balaban J connectivity index is 1.47. The second kappa shape index (κ2) is 7.71. The maximum atomic E-state index is 13.0. The molecule has 7 nitrogen and oxygen atoms in total. The highest BCUT2D eigenvalue weighted by Gasteiger charge is 2.10. The highest BCUT2D eigenvalue weighted by Crippen LogP contribution is 2.16. The summed E-state index contributed by atoms with van der Waals surface area (Å²) < 4.78 is 14.6. The van der Waals surface area contributed by atoms with Crippen LogP contribution in [0.25, 0.3) is 5.82 Å². The Morgan fingerprint density at radius 1 is 1.20 bits per heavy atom. The van der Waals surface area contributed by atoms with Gasteiger partial charge in [0.25, 0.3) is 5.91 Å². The fraction of sp³-hybridized carbons (Fsp3) is 0.125. The van der Waals surface area contributed by atoms with Crippen LogP contribution < -0.4 is 10.6 Å². The topological polar surface area (TPSA) is 84.7 Å². The molecule has 3 rings (SSSR count). The zero-order valence-corrected chi connectivity index (χ0v) is 13.7. The molecule has 2 heterocycles. The Morgan fingerprint density at radius 3 is 2.76 bits per heavy atom. The van der Waals surface area contributed by atoms with Gasteiger partial charge < -0.3 is 10.6 Å². The molecule has 0 bridgehead atoms. The minimum atomic E-state index is -0.486. The van der Waals surface area contributed by atoms with Gasteiger partial charge in [0, 0.05) is 25.5 Å². The molecule has 2 aromatic heterocycles. The number of nitrogens with one attached hydrogen (secondary N) is 2. The molecular formula is C16H14ClFN6O. The number of carbonyl (C=O) groups is 1. The van der Waals surface area contributed by atoms with E-state index >= 15 is 0 Å². The van der Waals surface area contributed by atoms with Gasteiger partial charge in [0.15, 0.2) is 5.82 Å². The van der Waals surface area contributed by atoms with Gasteiger partial charge in [0.1, 0.15) is 11.6 Å². The standard InChI is InChI=1S/C16H14ClFN6O/c17-13-10-11(18)2-3-12(13)16(25)20-8-7-19-14-4-5-15(23-22-14)24-9-1-6-21-24/h1-6,9-10H,7-8H2,(H,19,22)(H,20,25). The molecule has 1 aromatic carbocycles. The monoisotopic (exact) mass is 360 g/mol. The summed E-state index contributed by atoms with van der Waals surface area (Å²) in [4.78, 5) is 12.0. The summed E-state index contributed by atoms with van der Waals surface area (Å²) in [7, 11) is 0. The number of hydrogen-bond donors (Lipinski definition) is 2. The summed E-state index contributed by atoms with van der Waals surface area (Å²) in [5.74, 6) is 0.326. The van der Waals surface area contributed by atoms with E-state index in [-0.39, 0.29) is 16.5 Å². The van der Waals surface area contributed by atoms with Crippen LogP contribution in [-0.4, -0.2) is 39.0 Å². The zero-order chi connectivity index (χ0) is 17.6. The number of halogens is 2. The number of hydrogen-bond acceptors (Lipinski definition) is 5. The van der Waals surface area contributed by atoms with Crippen molar-refractivity contribution in [2.24, 2.45) is 0 Å². The fourth-order valence-corrected chi connectivity index (χ4v) is 2.33. The van der Waals surface area contributed by atoms with Crippen molar-refractivity contribution < 1.29 is 9.18 Å². The second-order valence-electron chi connectivity index (χ2n) is 5.03. The van der Waals surface area contributed by atoms with Gasteiger partial charge in [-0.1, -0.05) is 11.6 Å². The molecule has 0 fully saturated rings. The van der Waals surface area contributed by atoms with E-state index in [1.807, 2.05) is 0 Å². The van der Waals surface area contributed by atoms with Gasteiger partial charge in [0.2, 0.25) is 0 Å². The first-order chi connectivity index (χ1) is 12.1. The maximum Gasteiger partial charge on any atom is 0.252 e. The van der Waals surface area contributed by atoms with E-state index in [1.54, 1.807) is 35.3 Å². The number of rotatable bonds is 6. The molecule has 0 spiro atoms. The van der Waals surface area contributed by atoms with Crippen LogP contribution in [0, 0.1) is 5.82 Å². The number of aromatic nitrogens is 4. The highest BCUT2D eigenvalue weighted by atomic mass is 35.5. The lowest BCUT2D eigenvalue weighted by atomic mass is 10.2. The maximum absolute atomic E-state index is 13.0. The van der Waals surface area contributed by atoms with Crippen LogP contribution in [-0.2, 0) is 0 Å². The first-order valence-corrected chi connectivity index (χ1v) is 7.82. The van der Waals surface area contributed by atoms with E-state index in [9.17, 15) is 9.18 Å². The van der Waals surface area contributed by atoms with Crippen LogP contribution >= 0.6 is 11.6 Å². The summed E-state index contributed by atoms with van der Waals surface area (Å²) in [5.41, 5.74) is 0.228. The van der Waals surface area contributed by atoms with E-state index in [2.05, 4.69) is 25.9 Å². The molecule has 128 valence electrons. The minimum Gasteiger partial charge on any atom is -0.367 e. The quantitative estimate of drug-likeness (QED) is 0.659. The van der Waals surface area contributed by atoms with Crippen LogP contribution in [0.4, 0.5) is 10.2 Å². The normalized spacial score (nSPS) is 10.5. The molecule has 1 amide bonds. The fourth-order valence-electron chi connectivity index (χ4n) is 2.08. The molecule has 0 aliphatic carbocycles. The van der Waals surface area contributed by atoms with Crippen LogP contribution in [0.2, 0.25) is 5.02 Å². The van der Waals surface area contributed by atoms with E-state index in [1.165, 1.54) is 12.1 Å². The third-order valence-electron chi connectivity index (χ3n) is 3.28. The van der Waals surface area contributed by atoms with Gasteiger partial charge in [-0.3, -0.25) is 4.79 Å². The van der Waals surface area contributed by atoms with Crippen molar-refractivity contribution >= 4 is 23.3 Å². The van der Waals surface area contributed by atoms with Gasteiger partial charge >= 0.3 is 0 Å². The predicted octanol–water partition coefficient (Wildman–Crippen LogP) is 2.30. The Labute approximate surface area is 147 Å². The summed E-state index contributed by atoms with van der Waals surface area (Å²) >= 11 is 5.85. The molecule has 2 N–H and O–H groups in total. The van der Waals surface area contributed by atoms with E-state index < -0.39 is 5.82 Å². The lowest BCUT2D eigenvalue weighted by Crippen LogP contribution is -2.29. The molecule has 0 aliphatic heterocycles. The van der Waals surface area contributed by atoms with Crippen molar-refractivity contribution in [3.8, 4) is 5.82 Å². The number of anilines is 1. The van der Waals surface area contributed by atoms with Crippen LogP contribution in [0.5, 0.6) is 0 Å². The van der Waals surface area contributed by atoms with E-state index in [0.717, 1.165) is 6.07 Å². The average molecular weight is 361 g/mol. The Hall–Kier alpha value is -3.00. The lowest BCUT2D eigenvalue weighted by Gasteiger charge is -2.08. The molecular weight excluding hydrogens is 347 g/mol. The first kappa shape index (κ1) is 16.8. The van der Waals surface area contributed by atoms with Crippen LogP contribution in [0.1, 0.15) is 10.4 Å². The SMILES string of the molecule is O=C(NCCNc1ccc(-n2cccn2)nn1)c1ccc(F)cc1Cl.